The molecule has 0 aromatic heterocycles. The van der Waals surface area contributed by atoms with Crippen molar-refractivity contribution >= 4 is 23.5 Å². The summed E-state index contributed by atoms with van der Waals surface area (Å²) in [6.45, 7) is -0.0862. The molecule has 0 aliphatic heterocycles. The molecule has 10 heteroatoms. The van der Waals surface area contributed by atoms with Gasteiger partial charge in [-0.2, -0.15) is 13.2 Å². The summed E-state index contributed by atoms with van der Waals surface area (Å²) in [5.41, 5.74) is 6.48. The molecule has 0 aliphatic rings. The van der Waals surface area contributed by atoms with Crippen LogP contribution in [0.25, 0.3) is 0 Å². The Morgan fingerprint density at radius 3 is 2.50 bits per heavy atom. The Labute approximate surface area is 181 Å². The highest BCUT2D eigenvalue weighted by Crippen LogP contribution is 2.32. The Hall–Kier alpha value is -3.92. The molecule has 0 atom stereocenters. The number of benzene rings is 3. The standard InChI is InChI=1S/C22H19F4N5O/c23-19-7-2-1-4-15(19)12-31(28)30-21(27)18-10-14(13-32)8-9-20(18)29-17-6-3-5-16(11-17)22(24,25)26/h1-11,13,29H,12,28H2,(H2,27,30). The lowest BCUT2D eigenvalue weighted by atomic mass is 10.1. The lowest BCUT2D eigenvalue weighted by Crippen LogP contribution is -2.29. The third-order valence-electron chi connectivity index (χ3n) is 4.45. The second-order valence-corrected chi connectivity index (χ2v) is 6.80. The van der Waals surface area contributed by atoms with Gasteiger partial charge in [0.2, 0.25) is 0 Å². The molecule has 0 bridgehead atoms. The zero-order valence-corrected chi connectivity index (χ0v) is 16.6. The first-order chi connectivity index (χ1) is 15.2. The molecule has 3 rings (SSSR count). The summed E-state index contributed by atoms with van der Waals surface area (Å²) in [6, 6.07) is 15.0. The van der Waals surface area contributed by atoms with Crippen LogP contribution in [0.5, 0.6) is 0 Å². The number of nitrogens with one attached hydrogen (secondary N) is 1. The monoisotopic (exact) mass is 445 g/mol. The molecule has 0 spiro atoms. The first kappa shape index (κ1) is 22.8. The van der Waals surface area contributed by atoms with Crippen molar-refractivity contribution in [2.24, 2.45) is 16.7 Å². The van der Waals surface area contributed by atoms with Crippen LogP contribution in [0, 0.1) is 5.82 Å². The number of carbonyl (C=O) groups is 1. The maximum Gasteiger partial charge on any atom is 0.416 e. The smallest absolute Gasteiger partial charge is 0.382 e. The van der Waals surface area contributed by atoms with E-state index in [1.54, 1.807) is 6.07 Å². The average Bonchev–Trinajstić information content (AvgIpc) is 2.75. The van der Waals surface area contributed by atoms with Crippen LogP contribution in [0.15, 0.2) is 71.8 Å². The third kappa shape index (κ3) is 5.61. The molecule has 0 unspecified atom stereocenters. The number of aldehydes is 1. The van der Waals surface area contributed by atoms with E-state index < -0.39 is 17.6 Å². The number of rotatable bonds is 7. The molecule has 0 fully saturated rings. The number of nitrogens with two attached hydrogens (primary N) is 2. The van der Waals surface area contributed by atoms with Crippen molar-refractivity contribution in [3.8, 4) is 0 Å². The normalized spacial score (nSPS) is 11.8. The minimum atomic E-state index is -4.50. The van der Waals surface area contributed by atoms with Gasteiger partial charge in [-0.1, -0.05) is 24.3 Å². The zero-order valence-electron chi connectivity index (χ0n) is 16.6. The van der Waals surface area contributed by atoms with E-state index in [-0.39, 0.29) is 34.8 Å². The molecule has 32 heavy (non-hydrogen) atoms. The summed E-state index contributed by atoms with van der Waals surface area (Å²) in [4.78, 5) is 11.2. The van der Waals surface area contributed by atoms with Gasteiger partial charge in [0.25, 0.3) is 0 Å². The van der Waals surface area contributed by atoms with Crippen LogP contribution < -0.4 is 16.9 Å². The predicted molar refractivity (Wildman–Crippen MR) is 113 cm³/mol. The Kier molecular flexibility index (Phi) is 6.74. The van der Waals surface area contributed by atoms with Crippen LogP contribution in [0.4, 0.5) is 28.9 Å². The van der Waals surface area contributed by atoms with Crippen molar-refractivity contribution in [3.05, 3.63) is 94.8 Å². The molecular weight excluding hydrogens is 426 g/mol. The number of halogens is 4. The first-order valence-corrected chi connectivity index (χ1v) is 9.31. The molecule has 3 aromatic rings. The predicted octanol–water partition coefficient (Wildman–Crippen LogP) is 4.40. The van der Waals surface area contributed by atoms with E-state index in [4.69, 9.17) is 11.6 Å². The van der Waals surface area contributed by atoms with Gasteiger partial charge in [-0.05, 0) is 42.5 Å². The van der Waals surface area contributed by atoms with Gasteiger partial charge in [-0.15, -0.1) is 5.10 Å². The molecule has 5 N–H and O–H groups in total. The van der Waals surface area contributed by atoms with Crippen molar-refractivity contribution in [1.29, 1.82) is 0 Å². The van der Waals surface area contributed by atoms with E-state index >= 15 is 0 Å². The van der Waals surface area contributed by atoms with E-state index in [1.807, 2.05) is 0 Å². The molecule has 3 aromatic carbocycles. The highest BCUT2D eigenvalue weighted by molar-refractivity contribution is 6.04. The topological polar surface area (TPSA) is 96.7 Å². The molecule has 0 saturated carbocycles. The van der Waals surface area contributed by atoms with E-state index in [0.29, 0.717) is 12.0 Å². The fourth-order valence-corrected chi connectivity index (χ4v) is 2.91. The molecule has 0 amide bonds. The Morgan fingerprint density at radius 2 is 1.81 bits per heavy atom. The van der Waals surface area contributed by atoms with Crippen molar-refractivity contribution in [1.82, 2.24) is 5.12 Å². The van der Waals surface area contributed by atoms with Gasteiger partial charge >= 0.3 is 6.18 Å². The number of hydrogen-bond acceptors (Lipinski definition) is 5. The molecule has 0 aliphatic carbocycles. The molecular formula is C22H19F4N5O. The third-order valence-corrected chi connectivity index (χ3v) is 4.45. The van der Waals surface area contributed by atoms with E-state index in [1.165, 1.54) is 48.5 Å². The summed E-state index contributed by atoms with van der Waals surface area (Å²) < 4.78 is 52.9. The molecule has 6 nitrogen and oxygen atoms in total. The van der Waals surface area contributed by atoms with Gasteiger partial charge in [0.1, 0.15) is 12.1 Å². The Morgan fingerprint density at radius 1 is 1.06 bits per heavy atom. The second-order valence-electron chi connectivity index (χ2n) is 6.80. The fourth-order valence-electron chi connectivity index (χ4n) is 2.91. The van der Waals surface area contributed by atoms with Crippen LogP contribution in [0.2, 0.25) is 0 Å². The molecule has 0 saturated heterocycles. The molecule has 0 radical (unpaired) electrons. The maximum absolute atomic E-state index is 13.8. The average molecular weight is 445 g/mol. The molecule has 166 valence electrons. The minimum Gasteiger partial charge on any atom is -0.382 e. The van der Waals surface area contributed by atoms with E-state index in [9.17, 15) is 22.4 Å². The van der Waals surface area contributed by atoms with Crippen LogP contribution in [-0.2, 0) is 12.7 Å². The van der Waals surface area contributed by atoms with Gasteiger partial charge in [-0.3, -0.25) is 4.79 Å². The lowest BCUT2D eigenvalue weighted by Gasteiger charge is -2.17. The first-order valence-electron chi connectivity index (χ1n) is 9.31. The number of alkyl halides is 3. The fraction of sp³-hybridized carbons (Fsp3) is 0.0909. The molecule has 0 heterocycles. The Bertz CT molecular complexity index is 1150. The number of nitrogens with zero attached hydrogens (tertiary/aromatic N) is 2. The quantitative estimate of drug-likeness (QED) is 0.125. The number of amidine groups is 1. The SMILES string of the molecule is N/C(=N\N(N)Cc1ccccc1F)c1cc(C=O)ccc1Nc1cccc(C(F)(F)F)c1. The van der Waals surface area contributed by atoms with Crippen molar-refractivity contribution in [3.63, 3.8) is 0 Å². The van der Waals surface area contributed by atoms with Gasteiger partial charge < -0.3 is 11.1 Å². The number of hydrazone groups is 1. The van der Waals surface area contributed by atoms with E-state index in [0.717, 1.165) is 17.3 Å². The summed E-state index contributed by atoms with van der Waals surface area (Å²) >= 11 is 0. The van der Waals surface area contributed by atoms with E-state index in [2.05, 4.69) is 10.4 Å². The second kappa shape index (κ2) is 9.48. The number of hydrazine groups is 1. The summed E-state index contributed by atoms with van der Waals surface area (Å²) in [7, 11) is 0. The van der Waals surface area contributed by atoms with Gasteiger partial charge in [0.15, 0.2) is 5.84 Å². The lowest BCUT2D eigenvalue weighted by molar-refractivity contribution is -0.137. The number of hydrogen-bond donors (Lipinski definition) is 3. The number of anilines is 2. The van der Waals surface area contributed by atoms with Gasteiger partial charge in [-0.25, -0.2) is 15.4 Å². The Balaban J connectivity index is 1.91. The highest BCUT2D eigenvalue weighted by atomic mass is 19.4. The van der Waals surface area contributed by atoms with Crippen LogP contribution in [0.1, 0.15) is 27.0 Å². The minimum absolute atomic E-state index is 0.0862. The highest BCUT2D eigenvalue weighted by Gasteiger charge is 2.30. The zero-order chi connectivity index (χ0) is 23.3. The van der Waals surface area contributed by atoms with Crippen molar-refractivity contribution < 1.29 is 22.4 Å². The van der Waals surface area contributed by atoms with Crippen molar-refractivity contribution in [2.45, 2.75) is 12.7 Å². The largest absolute Gasteiger partial charge is 0.416 e. The van der Waals surface area contributed by atoms with Crippen molar-refractivity contribution in [2.75, 3.05) is 5.32 Å². The maximum atomic E-state index is 13.8. The summed E-state index contributed by atoms with van der Waals surface area (Å²) in [5, 5.41) is 7.80. The summed E-state index contributed by atoms with van der Waals surface area (Å²) in [6.07, 6.45) is -3.92. The van der Waals surface area contributed by atoms with Crippen LogP contribution in [-0.4, -0.2) is 17.2 Å². The van der Waals surface area contributed by atoms with Gasteiger partial charge in [0, 0.05) is 28.1 Å². The van der Waals surface area contributed by atoms with Gasteiger partial charge in [0.05, 0.1) is 12.1 Å². The van der Waals surface area contributed by atoms with Crippen LogP contribution in [0.3, 0.4) is 0 Å². The summed E-state index contributed by atoms with van der Waals surface area (Å²) in [5.74, 6) is 5.25. The number of carbonyl (C=O) groups excluding carboxylic acids is 1. The van der Waals surface area contributed by atoms with Crippen LogP contribution >= 0.6 is 0 Å².